The highest BCUT2D eigenvalue weighted by Crippen LogP contribution is 2.24. The molecule has 110 valence electrons. The number of aromatic nitrogens is 1. The maximum atomic E-state index is 11.7. The summed E-state index contributed by atoms with van der Waals surface area (Å²) in [7, 11) is 0. The van der Waals surface area contributed by atoms with Crippen LogP contribution in [0.25, 0.3) is 10.9 Å². The molecule has 1 N–H and O–H groups in total. The van der Waals surface area contributed by atoms with Crippen LogP contribution >= 0.6 is 0 Å². The van der Waals surface area contributed by atoms with Gasteiger partial charge in [0.05, 0.1) is 0 Å². The van der Waals surface area contributed by atoms with E-state index in [1.54, 1.807) is 6.92 Å². The second kappa shape index (κ2) is 5.76. The predicted molar refractivity (Wildman–Crippen MR) is 86.2 cm³/mol. The first-order valence-electron chi connectivity index (χ1n) is 7.67. The highest BCUT2D eigenvalue weighted by atomic mass is 16.1. The Hall–Kier alpha value is -2.03. The Balaban J connectivity index is 1.75. The van der Waals surface area contributed by atoms with Gasteiger partial charge in [-0.2, -0.15) is 0 Å². The number of benzene rings is 1. The van der Waals surface area contributed by atoms with Gasteiger partial charge in [0.1, 0.15) is 0 Å². The predicted octanol–water partition coefficient (Wildman–Crippen LogP) is 3.67. The van der Waals surface area contributed by atoms with E-state index in [0.717, 1.165) is 37.9 Å². The monoisotopic (exact) mass is 282 g/mol. The smallest absolute Gasteiger partial charge is 0.157 e. The van der Waals surface area contributed by atoms with Gasteiger partial charge in [0.25, 0.3) is 0 Å². The molecular weight excluding hydrogens is 260 g/mol. The number of nitrogens with zero attached hydrogens (tertiary/aromatic N) is 1. The topological polar surface area (TPSA) is 36.1 Å². The molecule has 1 aliphatic heterocycles. The van der Waals surface area contributed by atoms with Crippen molar-refractivity contribution in [2.75, 3.05) is 13.1 Å². The highest BCUT2D eigenvalue weighted by molar-refractivity contribution is 5.94. The van der Waals surface area contributed by atoms with Crippen LogP contribution in [0.15, 0.2) is 41.7 Å². The molecule has 0 bridgehead atoms. The van der Waals surface area contributed by atoms with Gasteiger partial charge in [-0.15, -0.1) is 0 Å². The summed E-state index contributed by atoms with van der Waals surface area (Å²) in [6.07, 6.45) is 5.14. The van der Waals surface area contributed by atoms with E-state index in [9.17, 15) is 4.79 Å². The fourth-order valence-electron chi connectivity index (χ4n) is 3.29. The second-order valence-corrected chi connectivity index (χ2v) is 5.82. The van der Waals surface area contributed by atoms with Gasteiger partial charge in [-0.05, 0) is 44.7 Å². The lowest BCUT2D eigenvalue weighted by molar-refractivity contribution is -0.114. The number of nitrogens with one attached hydrogen (secondary N) is 1. The summed E-state index contributed by atoms with van der Waals surface area (Å²) in [6, 6.07) is 8.42. The summed E-state index contributed by atoms with van der Waals surface area (Å²) in [6.45, 7) is 5.81. The number of carbonyl (C=O) groups excluding carboxylic acids is 1. The Morgan fingerprint density at radius 2 is 2.14 bits per heavy atom. The van der Waals surface area contributed by atoms with Gasteiger partial charge >= 0.3 is 0 Å². The fourth-order valence-corrected chi connectivity index (χ4v) is 3.29. The van der Waals surface area contributed by atoms with E-state index >= 15 is 0 Å². The Morgan fingerprint density at radius 1 is 1.33 bits per heavy atom. The molecule has 0 atom stereocenters. The Bertz CT molecular complexity index is 696. The van der Waals surface area contributed by atoms with E-state index in [0.29, 0.717) is 0 Å². The summed E-state index contributed by atoms with van der Waals surface area (Å²) in [5, 5.41) is 1.31. The number of H-pyrrole nitrogens is 1. The van der Waals surface area contributed by atoms with Gasteiger partial charge in [0, 0.05) is 41.5 Å². The summed E-state index contributed by atoms with van der Waals surface area (Å²) in [4.78, 5) is 17.4. The molecule has 3 rings (SSSR count). The molecule has 1 aliphatic rings. The molecule has 21 heavy (non-hydrogen) atoms. The molecular formula is C18H22N2O. The normalized spacial score (nSPS) is 15.8. The van der Waals surface area contributed by atoms with E-state index in [-0.39, 0.29) is 5.78 Å². The molecule has 0 fully saturated rings. The maximum Gasteiger partial charge on any atom is 0.157 e. The summed E-state index contributed by atoms with van der Waals surface area (Å²) < 4.78 is 0. The number of carbonyl (C=O) groups is 1. The summed E-state index contributed by atoms with van der Waals surface area (Å²) in [5.41, 5.74) is 4.74. The maximum absolute atomic E-state index is 11.7. The van der Waals surface area contributed by atoms with Crippen LogP contribution in [0.1, 0.15) is 32.3 Å². The second-order valence-electron chi connectivity index (χ2n) is 5.82. The summed E-state index contributed by atoms with van der Waals surface area (Å²) in [5.74, 6) is 0.226. The molecule has 0 amide bonds. The van der Waals surface area contributed by atoms with Crippen LogP contribution in [0.4, 0.5) is 0 Å². The quantitative estimate of drug-likeness (QED) is 0.928. The molecule has 0 saturated heterocycles. The van der Waals surface area contributed by atoms with E-state index in [1.807, 2.05) is 0 Å². The minimum Gasteiger partial charge on any atom is -0.374 e. The van der Waals surface area contributed by atoms with E-state index in [2.05, 4.69) is 47.3 Å². The number of Topliss-reactive ketones (excluding diaryl/α,β-unsaturated/α-hetero) is 1. The number of aromatic amines is 1. The molecule has 3 nitrogen and oxygen atoms in total. The molecule has 0 aliphatic carbocycles. The lowest BCUT2D eigenvalue weighted by atomic mass is 9.99. The van der Waals surface area contributed by atoms with Gasteiger partial charge in [-0.25, -0.2) is 0 Å². The molecule has 0 saturated carbocycles. The zero-order valence-electron chi connectivity index (χ0n) is 12.8. The fraction of sp³-hybridized carbons (Fsp3) is 0.389. The lowest BCUT2D eigenvalue weighted by Gasteiger charge is -2.31. The number of ketones is 1. The average molecular weight is 282 g/mol. The molecule has 0 spiro atoms. The molecule has 1 aromatic carbocycles. The van der Waals surface area contributed by atoms with Crippen molar-refractivity contribution in [3.8, 4) is 0 Å². The molecule has 3 heteroatoms. The molecule has 2 heterocycles. The van der Waals surface area contributed by atoms with Gasteiger partial charge in [-0.3, -0.25) is 4.79 Å². The van der Waals surface area contributed by atoms with Gasteiger partial charge < -0.3 is 9.88 Å². The van der Waals surface area contributed by atoms with Crippen LogP contribution < -0.4 is 0 Å². The lowest BCUT2D eigenvalue weighted by Crippen LogP contribution is -2.31. The summed E-state index contributed by atoms with van der Waals surface area (Å²) >= 11 is 0. The molecule has 2 aromatic rings. The molecule has 1 aromatic heterocycles. The van der Waals surface area contributed by atoms with Crippen LogP contribution in [0.2, 0.25) is 0 Å². The largest absolute Gasteiger partial charge is 0.374 e. The van der Waals surface area contributed by atoms with Crippen molar-refractivity contribution in [3.63, 3.8) is 0 Å². The first kappa shape index (κ1) is 13.9. The van der Waals surface area contributed by atoms with Gasteiger partial charge in [-0.1, -0.05) is 18.2 Å². The highest BCUT2D eigenvalue weighted by Gasteiger charge is 2.19. The number of allylic oxidation sites excluding steroid dienone is 2. The third-order valence-electron chi connectivity index (χ3n) is 4.52. The Morgan fingerprint density at radius 3 is 2.95 bits per heavy atom. The first-order chi connectivity index (χ1) is 10.2. The van der Waals surface area contributed by atoms with Gasteiger partial charge in [0.2, 0.25) is 0 Å². The van der Waals surface area contributed by atoms with Crippen LogP contribution in [0.5, 0.6) is 0 Å². The van der Waals surface area contributed by atoms with Crippen molar-refractivity contribution in [1.29, 1.82) is 0 Å². The van der Waals surface area contributed by atoms with Crippen LogP contribution in [-0.4, -0.2) is 28.8 Å². The van der Waals surface area contributed by atoms with Crippen molar-refractivity contribution in [2.45, 2.75) is 33.1 Å². The van der Waals surface area contributed by atoms with Crippen molar-refractivity contribution in [2.24, 2.45) is 0 Å². The molecule has 0 radical (unpaired) electrons. The minimum absolute atomic E-state index is 0.226. The standard InChI is InChI=1S/C18H22N2O/c1-13-16(14(2)21)7-5-10-20(13)11-9-15-12-19-18-8-4-3-6-17(15)18/h3-4,6,8,12,19H,5,7,9-11H2,1-2H3. The van der Waals surface area contributed by atoms with Crippen molar-refractivity contribution < 1.29 is 4.79 Å². The molecule has 0 unspecified atom stereocenters. The Labute approximate surface area is 125 Å². The number of hydrogen-bond donors (Lipinski definition) is 1. The van der Waals surface area contributed by atoms with E-state index in [1.165, 1.54) is 22.2 Å². The number of para-hydroxylation sites is 1. The zero-order chi connectivity index (χ0) is 14.8. The third kappa shape index (κ3) is 2.73. The van der Waals surface area contributed by atoms with Crippen molar-refractivity contribution in [3.05, 3.63) is 47.3 Å². The van der Waals surface area contributed by atoms with Gasteiger partial charge in [0.15, 0.2) is 5.78 Å². The SMILES string of the molecule is CC(=O)C1=C(C)N(CCc2c[nH]c3ccccc23)CCC1. The minimum atomic E-state index is 0.226. The van der Waals surface area contributed by atoms with Crippen molar-refractivity contribution >= 4 is 16.7 Å². The number of hydrogen-bond acceptors (Lipinski definition) is 2. The third-order valence-corrected chi connectivity index (χ3v) is 4.52. The van der Waals surface area contributed by atoms with E-state index in [4.69, 9.17) is 0 Å². The zero-order valence-corrected chi connectivity index (χ0v) is 12.8. The van der Waals surface area contributed by atoms with Crippen LogP contribution in [0.3, 0.4) is 0 Å². The number of rotatable bonds is 4. The van der Waals surface area contributed by atoms with Crippen molar-refractivity contribution in [1.82, 2.24) is 9.88 Å². The first-order valence-corrected chi connectivity index (χ1v) is 7.67. The van der Waals surface area contributed by atoms with Crippen LogP contribution in [0, 0.1) is 0 Å². The number of fused-ring (bicyclic) bond motifs is 1. The van der Waals surface area contributed by atoms with E-state index < -0.39 is 0 Å². The Kier molecular flexibility index (Phi) is 3.82. The average Bonchev–Trinajstić information content (AvgIpc) is 2.89. The van der Waals surface area contributed by atoms with Crippen LogP contribution in [-0.2, 0) is 11.2 Å².